The van der Waals surface area contributed by atoms with Crippen molar-refractivity contribution in [3.63, 3.8) is 0 Å². The molecule has 4 aromatic rings. The van der Waals surface area contributed by atoms with Crippen molar-refractivity contribution in [3.05, 3.63) is 92.8 Å². The molecule has 3 unspecified atom stereocenters. The highest BCUT2D eigenvalue weighted by atomic mass is 32.2. The maximum Gasteiger partial charge on any atom is 0.418 e. The fourth-order valence-corrected chi connectivity index (χ4v) is 8.52. The summed E-state index contributed by atoms with van der Waals surface area (Å²) in [6.07, 6.45) is -3.51. The van der Waals surface area contributed by atoms with E-state index in [1.807, 2.05) is 0 Å². The van der Waals surface area contributed by atoms with E-state index in [0.29, 0.717) is 9.78 Å². The Bertz CT molecular complexity index is 1970. The molecule has 2 aliphatic rings. The highest BCUT2D eigenvalue weighted by Gasteiger charge is 2.58. The highest BCUT2D eigenvalue weighted by Crippen LogP contribution is 2.54. The van der Waals surface area contributed by atoms with E-state index in [0.717, 1.165) is 45.9 Å². The van der Waals surface area contributed by atoms with Gasteiger partial charge in [0.25, 0.3) is 0 Å². The van der Waals surface area contributed by atoms with Crippen LogP contribution in [0.5, 0.6) is 0 Å². The maximum atomic E-state index is 13.9. The second-order valence-electron chi connectivity index (χ2n) is 9.83. The number of alkyl halides is 3. The van der Waals surface area contributed by atoms with Crippen LogP contribution in [0.1, 0.15) is 22.1 Å². The summed E-state index contributed by atoms with van der Waals surface area (Å²) in [5.41, 5.74) is -1.53. The molecule has 17 heteroatoms. The van der Waals surface area contributed by atoms with Gasteiger partial charge in [-0.1, -0.05) is 35.2 Å². The molecule has 2 aromatic carbocycles. The number of fused-ring (bicyclic) bond motifs is 2. The summed E-state index contributed by atoms with van der Waals surface area (Å²) in [5, 5.41) is 6.62. The Morgan fingerprint density at radius 3 is 2.34 bits per heavy atom. The van der Waals surface area contributed by atoms with Crippen LogP contribution < -0.4 is 20.2 Å². The molecule has 11 nitrogen and oxygen atoms in total. The normalized spacial score (nSPS) is 20.0. The molecule has 4 heterocycles. The quantitative estimate of drug-likeness (QED) is 0.296. The fraction of sp³-hybridized carbons (Fsp3) is 0.185. The van der Waals surface area contributed by atoms with Crippen LogP contribution in [0.4, 0.5) is 24.5 Å². The standard InChI is InChI=1S/C27H19F3N4O7S3/c28-27(29,30)15-4-1-2-5-16(15)34-23(36)20-19(17-6-3-11-41-17)22-25(42-21(20)24(34)37)33(26(38)43-22)12-18(35)32-13-7-9-14(10-8-13)44(31,39)40/h1-11,19-21H,12H2,(H,32,35)(H2,31,39,40). The zero-order valence-electron chi connectivity index (χ0n) is 22.0. The molecule has 0 saturated carbocycles. The lowest BCUT2D eigenvalue weighted by atomic mass is 9.86. The van der Waals surface area contributed by atoms with Gasteiger partial charge in [0, 0.05) is 5.69 Å². The number of rotatable bonds is 6. The number of thiazole rings is 1. The number of amides is 3. The molecule has 1 fully saturated rings. The lowest BCUT2D eigenvalue weighted by molar-refractivity contribution is -0.137. The number of primary sulfonamides is 1. The van der Waals surface area contributed by atoms with Gasteiger partial charge in [0.05, 0.1) is 44.1 Å². The number of carbonyl (C=O) groups is 3. The zero-order valence-corrected chi connectivity index (χ0v) is 24.4. The number of anilines is 2. The third-order valence-electron chi connectivity index (χ3n) is 7.12. The average Bonchev–Trinajstić information content (AvgIpc) is 3.65. The number of benzene rings is 2. The number of furan rings is 1. The number of para-hydroxylation sites is 1. The highest BCUT2D eigenvalue weighted by molar-refractivity contribution is 8.00. The monoisotopic (exact) mass is 664 g/mol. The predicted octanol–water partition coefficient (Wildman–Crippen LogP) is 3.60. The first kappa shape index (κ1) is 29.9. The molecule has 0 radical (unpaired) electrons. The number of sulfonamides is 1. The van der Waals surface area contributed by atoms with E-state index < -0.39 is 73.7 Å². The van der Waals surface area contributed by atoms with Gasteiger partial charge in [-0.15, -0.1) is 0 Å². The molecule has 2 aromatic heterocycles. The van der Waals surface area contributed by atoms with E-state index in [9.17, 15) is 40.8 Å². The van der Waals surface area contributed by atoms with Gasteiger partial charge in [-0.25, -0.2) is 18.5 Å². The Hall–Kier alpha value is -4.19. The Morgan fingerprint density at radius 1 is 1.00 bits per heavy atom. The van der Waals surface area contributed by atoms with Crippen LogP contribution in [-0.2, 0) is 37.1 Å². The SMILES string of the molecule is NS(=O)(=O)c1ccc(NC(=O)Cn2c3c(sc2=O)C(c2ccco2)C2C(=O)N(c4ccccc4C(F)(F)F)C(=O)C2S3)cc1. The van der Waals surface area contributed by atoms with Gasteiger partial charge in [-0.2, -0.15) is 13.2 Å². The molecular formula is C27H19F3N4O7S3. The van der Waals surface area contributed by atoms with Gasteiger partial charge >= 0.3 is 11.0 Å². The van der Waals surface area contributed by atoms with E-state index in [-0.39, 0.29) is 21.4 Å². The number of thioether (sulfide) groups is 1. The van der Waals surface area contributed by atoms with Gasteiger partial charge in [0.2, 0.25) is 27.7 Å². The van der Waals surface area contributed by atoms with Gasteiger partial charge in [0.15, 0.2) is 0 Å². The number of hydrogen-bond donors (Lipinski definition) is 2. The second-order valence-corrected chi connectivity index (χ2v) is 13.5. The van der Waals surface area contributed by atoms with E-state index in [1.165, 1.54) is 48.7 Å². The van der Waals surface area contributed by atoms with Crippen LogP contribution in [-0.4, -0.2) is 36.0 Å². The summed E-state index contributed by atoms with van der Waals surface area (Å²) in [4.78, 5) is 53.7. The van der Waals surface area contributed by atoms with E-state index >= 15 is 0 Å². The summed E-state index contributed by atoms with van der Waals surface area (Å²) >= 11 is 1.57. The third kappa shape index (κ3) is 5.14. The first-order valence-corrected chi connectivity index (χ1v) is 15.9. The van der Waals surface area contributed by atoms with E-state index in [2.05, 4.69) is 5.32 Å². The lowest BCUT2D eigenvalue weighted by Gasteiger charge is -2.29. The van der Waals surface area contributed by atoms with Crippen molar-refractivity contribution in [2.24, 2.45) is 11.1 Å². The number of nitrogens with two attached hydrogens (primary N) is 1. The van der Waals surface area contributed by atoms with Crippen molar-refractivity contribution in [3.8, 4) is 0 Å². The van der Waals surface area contributed by atoms with E-state index in [4.69, 9.17) is 9.56 Å². The number of nitrogens with one attached hydrogen (secondary N) is 1. The number of aromatic nitrogens is 1. The lowest BCUT2D eigenvalue weighted by Crippen LogP contribution is -2.33. The summed E-state index contributed by atoms with van der Waals surface area (Å²) in [5.74, 6) is -4.38. The molecular weight excluding hydrogens is 646 g/mol. The number of nitrogens with zero attached hydrogens (tertiary/aromatic N) is 2. The number of imide groups is 1. The van der Waals surface area contributed by atoms with Gasteiger partial charge in [-0.05, 0) is 48.5 Å². The minimum Gasteiger partial charge on any atom is -0.469 e. The molecule has 44 heavy (non-hydrogen) atoms. The van der Waals surface area contributed by atoms with Gasteiger partial charge in [0.1, 0.15) is 17.6 Å². The molecule has 3 amide bonds. The van der Waals surface area contributed by atoms with Gasteiger partial charge < -0.3 is 9.73 Å². The van der Waals surface area contributed by atoms with Crippen LogP contribution >= 0.6 is 23.1 Å². The smallest absolute Gasteiger partial charge is 0.418 e. The molecule has 228 valence electrons. The summed E-state index contributed by atoms with van der Waals surface area (Å²) < 4.78 is 71.3. The fourth-order valence-electron chi connectivity index (χ4n) is 5.25. The molecule has 6 rings (SSSR count). The molecule has 3 N–H and O–H groups in total. The van der Waals surface area contributed by atoms with Crippen molar-refractivity contribution in [2.45, 2.75) is 33.8 Å². The average molecular weight is 665 g/mol. The van der Waals surface area contributed by atoms with Crippen LogP contribution in [0, 0.1) is 5.92 Å². The van der Waals surface area contributed by atoms with Crippen LogP contribution in [0.2, 0.25) is 0 Å². The van der Waals surface area contributed by atoms with Crippen molar-refractivity contribution in [1.29, 1.82) is 0 Å². The largest absolute Gasteiger partial charge is 0.469 e. The predicted molar refractivity (Wildman–Crippen MR) is 153 cm³/mol. The Kier molecular flexibility index (Phi) is 7.30. The maximum absolute atomic E-state index is 13.9. The van der Waals surface area contributed by atoms with Gasteiger partial charge in [-0.3, -0.25) is 23.7 Å². The Labute approximate surface area is 254 Å². The third-order valence-corrected chi connectivity index (χ3v) is 10.7. The Morgan fingerprint density at radius 2 is 1.70 bits per heavy atom. The van der Waals surface area contributed by atoms with E-state index in [1.54, 1.807) is 0 Å². The minimum atomic E-state index is -4.84. The van der Waals surface area contributed by atoms with Crippen molar-refractivity contribution in [2.75, 3.05) is 10.2 Å². The van der Waals surface area contributed by atoms with Crippen molar-refractivity contribution < 1.29 is 40.4 Å². The second kappa shape index (κ2) is 10.8. The molecule has 2 aliphatic heterocycles. The van der Waals surface area contributed by atoms with Crippen LogP contribution in [0.3, 0.4) is 0 Å². The molecule has 0 aliphatic carbocycles. The summed E-state index contributed by atoms with van der Waals surface area (Å²) in [6.45, 7) is -0.514. The minimum absolute atomic E-state index is 0.170. The summed E-state index contributed by atoms with van der Waals surface area (Å²) in [6, 6.07) is 12.4. The zero-order chi connectivity index (χ0) is 31.6. The molecule has 1 saturated heterocycles. The molecule has 0 spiro atoms. The Balaban J connectivity index is 1.36. The molecule has 3 atom stereocenters. The van der Waals surface area contributed by atoms with Crippen LogP contribution in [0.15, 0.2) is 86.1 Å². The number of halogens is 3. The molecule has 0 bridgehead atoms. The van der Waals surface area contributed by atoms with Crippen molar-refractivity contribution >= 4 is 62.2 Å². The number of carbonyl (C=O) groups excluding carboxylic acids is 3. The number of hydrogen-bond acceptors (Lipinski definition) is 9. The first-order valence-electron chi connectivity index (χ1n) is 12.7. The first-order chi connectivity index (χ1) is 20.8. The topological polar surface area (TPSA) is 162 Å². The summed E-state index contributed by atoms with van der Waals surface area (Å²) in [7, 11) is -3.95. The van der Waals surface area contributed by atoms with Crippen molar-refractivity contribution in [1.82, 2.24) is 4.57 Å². The van der Waals surface area contributed by atoms with Crippen LogP contribution in [0.25, 0.3) is 0 Å².